The van der Waals surface area contributed by atoms with Crippen molar-refractivity contribution in [1.29, 1.82) is 0 Å². The number of ether oxygens (including phenoxy) is 1. The summed E-state index contributed by atoms with van der Waals surface area (Å²) in [5.74, 6) is 0.290. The lowest BCUT2D eigenvalue weighted by molar-refractivity contribution is -0.156. The van der Waals surface area contributed by atoms with E-state index in [9.17, 15) is 18.0 Å². The second-order valence-corrected chi connectivity index (χ2v) is 7.88. The third-order valence-corrected chi connectivity index (χ3v) is 5.40. The zero-order valence-corrected chi connectivity index (χ0v) is 18.1. The number of carbonyl (C=O) groups is 1. The molecule has 0 aliphatic rings. The predicted octanol–water partition coefficient (Wildman–Crippen LogP) is 4.71. The molecule has 0 bridgehead atoms. The molecule has 2 aromatic carbocycles. The topological polar surface area (TPSA) is 60.3 Å². The van der Waals surface area contributed by atoms with Crippen molar-refractivity contribution in [1.82, 2.24) is 19.7 Å². The van der Waals surface area contributed by atoms with E-state index in [2.05, 4.69) is 10.2 Å². The van der Waals surface area contributed by atoms with Crippen LogP contribution in [0.25, 0.3) is 17.1 Å². The number of methoxy groups -OCH3 is 1. The summed E-state index contributed by atoms with van der Waals surface area (Å²) < 4.78 is 44.5. The minimum absolute atomic E-state index is 0.221. The molecule has 0 unspecified atom stereocenters. The van der Waals surface area contributed by atoms with E-state index in [0.717, 1.165) is 24.4 Å². The highest BCUT2D eigenvalue weighted by molar-refractivity contribution is 7.99. The molecule has 0 radical (unpaired) electrons. The molecule has 1 aromatic heterocycles. The Morgan fingerprint density at radius 2 is 1.77 bits per heavy atom. The summed E-state index contributed by atoms with van der Waals surface area (Å²) in [6, 6.07) is 14.1. The number of amides is 1. The summed E-state index contributed by atoms with van der Waals surface area (Å²) in [6.45, 7) is -1.31. The van der Waals surface area contributed by atoms with E-state index < -0.39 is 18.6 Å². The first kappa shape index (κ1) is 23.0. The van der Waals surface area contributed by atoms with Gasteiger partial charge in [-0.2, -0.15) is 13.2 Å². The zero-order chi connectivity index (χ0) is 22.6. The van der Waals surface area contributed by atoms with Crippen LogP contribution in [-0.4, -0.2) is 58.2 Å². The molecule has 164 valence electrons. The third-order valence-electron chi connectivity index (χ3n) is 4.23. The van der Waals surface area contributed by atoms with Crippen LogP contribution >= 0.6 is 23.4 Å². The number of thioether (sulfide) groups is 1. The van der Waals surface area contributed by atoms with Crippen molar-refractivity contribution in [2.45, 2.75) is 11.3 Å². The summed E-state index contributed by atoms with van der Waals surface area (Å²) in [4.78, 5) is 12.8. The van der Waals surface area contributed by atoms with Crippen molar-refractivity contribution < 1.29 is 22.7 Å². The molecule has 1 heterocycles. The van der Waals surface area contributed by atoms with Crippen molar-refractivity contribution in [3.63, 3.8) is 0 Å². The Hall–Kier alpha value is -2.72. The van der Waals surface area contributed by atoms with Gasteiger partial charge >= 0.3 is 6.18 Å². The van der Waals surface area contributed by atoms with E-state index in [1.807, 2.05) is 12.1 Å². The molecule has 0 saturated carbocycles. The lowest BCUT2D eigenvalue weighted by atomic mass is 10.2. The fraction of sp³-hybridized carbons (Fsp3) is 0.250. The first-order chi connectivity index (χ1) is 14.7. The standard InChI is InChI=1S/C20H18ClF3N4O2S/c1-27(12-20(22,23)24)17(29)11-31-19-26-25-18(13-3-9-16(30-2)10-4-13)28(19)15-7-5-14(21)6-8-15/h3-10H,11-12H2,1-2H3. The molecular weight excluding hydrogens is 453 g/mol. The van der Waals surface area contributed by atoms with Crippen molar-refractivity contribution in [2.75, 3.05) is 26.5 Å². The molecule has 6 nitrogen and oxygen atoms in total. The Morgan fingerprint density at radius 3 is 2.35 bits per heavy atom. The molecule has 11 heteroatoms. The van der Waals surface area contributed by atoms with Gasteiger partial charge in [-0.25, -0.2) is 0 Å². The number of alkyl halides is 3. The van der Waals surface area contributed by atoms with E-state index in [-0.39, 0.29) is 5.75 Å². The highest BCUT2D eigenvalue weighted by atomic mass is 35.5. The monoisotopic (exact) mass is 470 g/mol. The van der Waals surface area contributed by atoms with Gasteiger partial charge in [0.25, 0.3) is 0 Å². The number of aromatic nitrogens is 3. The van der Waals surface area contributed by atoms with E-state index in [1.54, 1.807) is 48.1 Å². The Labute approximate surface area is 186 Å². The molecule has 0 spiro atoms. The Bertz CT molecular complexity index is 1040. The number of nitrogens with zero attached hydrogens (tertiary/aromatic N) is 4. The quantitative estimate of drug-likeness (QED) is 0.468. The van der Waals surface area contributed by atoms with Gasteiger partial charge in [-0.1, -0.05) is 23.4 Å². The number of hydrogen-bond acceptors (Lipinski definition) is 5. The Kier molecular flexibility index (Phi) is 7.11. The van der Waals surface area contributed by atoms with Gasteiger partial charge in [0.1, 0.15) is 12.3 Å². The molecule has 0 fully saturated rings. The van der Waals surface area contributed by atoms with Crippen LogP contribution in [0.4, 0.5) is 13.2 Å². The smallest absolute Gasteiger partial charge is 0.406 e. The molecule has 0 aliphatic heterocycles. The average molecular weight is 471 g/mol. The van der Waals surface area contributed by atoms with Crippen LogP contribution in [0.2, 0.25) is 5.02 Å². The van der Waals surface area contributed by atoms with Gasteiger partial charge in [0, 0.05) is 23.3 Å². The Balaban J connectivity index is 1.90. The van der Waals surface area contributed by atoms with Crippen LogP contribution in [-0.2, 0) is 4.79 Å². The van der Waals surface area contributed by atoms with Crippen molar-refractivity contribution >= 4 is 29.3 Å². The summed E-state index contributed by atoms with van der Waals surface area (Å²) in [7, 11) is 2.68. The lowest BCUT2D eigenvalue weighted by Crippen LogP contribution is -2.36. The van der Waals surface area contributed by atoms with Gasteiger partial charge in [-0.05, 0) is 48.5 Å². The average Bonchev–Trinajstić information content (AvgIpc) is 3.15. The second-order valence-electron chi connectivity index (χ2n) is 6.50. The maximum Gasteiger partial charge on any atom is 0.406 e. The minimum Gasteiger partial charge on any atom is -0.497 e. The van der Waals surface area contributed by atoms with Crippen molar-refractivity contribution in [3.8, 4) is 22.8 Å². The maximum atomic E-state index is 12.5. The molecule has 31 heavy (non-hydrogen) atoms. The van der Waals surface area contributed by atoms with Crippen LogP contribution in [0.5, 0.6) is 5.75 Å². The normalized spacial score (nSPS) is 11.4. The molecule has 1 amide bonds. The highest BCUT2D eigenvalue weighted by Crippen LogP contribution is 2.30. The lowest BCUT2D eigenvalue weighted by Gasteiger charge is -2.18. The molecule has 0 N–H and O–H groups in total. The van der Waals surface area contributed by atoms with Crippen molar-refractivity contribution in [3.05, 3.63) is 53.6 Å². The van der Waals surface area contributed by atoms with Gasteiger partial charge in [-0.15, -0.1) is 10.2 Å². The first-order valence-corrected chi connectivity index (χ1v) is 10.3. The number of halogens is 4. The number of carbonyl (C=O) groups excluding carboxylic acids is 1. The fourth-order valence-corrected chi connectivity index (χ4v) is 3.73. The third kappa shape index (κ3) is 5.92. The molecule has 0 aliphatic carbocycles. The van der Waals surface area contributed by atoms with Gasteiger partial charge in [-0.3, -0.25) is 9.36 Å². The summed E-state index contributed by atoms with van der Waals surface area (Å²) in [5.41, 5.74) is 1.44. The maximum absolute atomic E-state index is 12.5. The van der Waals surface area contributed by atoms with Crippen LogP contribution in [0.3, 0.4) is 0 Å². The van der Waals surface area contributed by atoms with Gasteiger partial charge < -0.3 is 9.64 Å². The summed E-state index contributed by atoms with van der Waals surface area (Å²) in [5, 5.41) is 9.30. The largest absolute Gasteiger partial charge is 0.497 e. The summed E-state index contributed by atoms with van der Waals surface area (Å²) in [6.07, 6.45) is -4.46. The predicted molar refractivity (Wildman–Crippen MR) is 113 cm³/mol. The molecule has 0 atom stereocenters. The van der Waals surface area contributed by atoms with Crippen LogP contribution in [0.1, 0.15) is 0 Å². The summed E-state index contributed by atoms with van der Waals surface area (Å²) >= 11 is 7.00. The minimum atomic E-state index is -4.46. The van der Waals surface area contributed by atoms with E-state index >= 15 is 0 Å². The van der Waals surface area contributed by atoms with Crippen molar-refractivity contribution in [2.24, 2.45) is 0 Å². The van der Waals surface area contributed by atoms with E-state index in [4.69, 9.17) is 16.3 Å². The number of rotatable bonds is 7. The highest BCUT2D eigenvalue weighted by Gasteiger charge is 2.31. The van der Waals surface area contributed by atoms with Gasteiger partial charge in [0.2, 0.25) is 5.91 Å². The van der Waals surface area contributed by atoms with Gasteiger partial charge in [0.05, 0.1) is 12.9 Å². The number of hydrogen-bond donors (Lipinski definition) is 0. The molecule has 3 aromatic rings. The van der Waals surface area contributed by atoms with Gasteiger partial charge in [0.15, 0.2) is 11.0 Å². The first-order valence-electron chi connectivity index (χ1n) is 8.97. The molecular formula is C20H18ClF3N4O2S. The van der Waals surface area contributed by atoms with Crippen LogP contribution in [0.15, 0.2) is 53.7 Å². The van der Waals surface area contributed by atoms with Crippen LogP contribution < -0.4 is 4.74 Å². The fourth-order valence-electron chi connectivity index (χ4n) is 2.71. The number of benzene rings is 2. The van der Waals surface area contributed by atoms with E-state index in [1.165, 1.54) is 0 Å². The van der Waals surface area contributed by atoms with Crippen LogP contribution in [0, 0.1) is 0 Å². The molecule has 3 rings (SSSR count). The second kappa shape index (κ2) is 9.61. The Morgan fingerprint density at radius 1 is 1.13 bits per heavy atom. The molecule has 0 saturated heterocycles. The van der Waals surface area contributed by atoms with E-state index in [0.29, 0.717) is 32.3 Å². The zero-order valence-electron chi connectivity index (χ0n) is 16.6. The SMILES string of the molecule is COc1ccc(-c2nnc(SCC(=O)N(C)CC(F)(F)F)n2-c2ccc(Cl)cc2)cc1.